The number of urea groups is 1. The first kappa shape index (κ1) is 16.0. The Labute approximate surface area is 119 Å². The van der Waals surface area contributed by atoms with Crippen LogP contribution < -0.4 is 10.6 Å². The van der Waals surface area contributed by atoms with Gasteiger partial charge in [-0.15, -0.1) is 0 Å². The van der Waals surface area contributed by atoms with Crippen LogP contribution >= 0.6 is 0 Å². The van der Waals surface area contributed by atoms with Gasteiger partial charge in [-0.05, 0) is 37.8 Å². The van der Waals surface area contributed by atoms with E-state index in [4.69, 9.17) is 5.11 Å². The van der Waals surface area contributed by atoms with Gasteiger partial charge in [-0.25, -0.2) is 9.59 Å². The molecule has 20 heavy (non-hydrogen) atoms. The Morgan fingerprint density at radius 1 is 1.10 bits per heavy atom. The molecule has 0 aliphatic heterocycles. The number of hydrogen-bond donors (Lipinski definition) is 3. The van der Waals surface area contributed by atoms with Gasteiger partial charge >= 0.3 is 12.0 Å². The second-order valence-electron chi connectivity index (χ2n) is 5.43. The minimum Gasteiger partial charge on any atom is -0.480 e. The Morgan fingerprint density at radius 2 is 1.60 bits per heavy atom. The van der Waals surface area contributed by atoms with E-state index in [-0.39, 0.29) is 5.92 Å². The minimum atomic E-state index is -1.03. The van der Waals surface area contributed by atoms with Gasteiger partial charge in [0.15, 0.2) is 0 Å². The van der Waals surface area contributed by atoms with E-state index in [2.05, 4.69) is 10.6 Å². The van der Waals surface area contributed by atoms with Crippen molar-refractivity contribution in [2.45, 2.75) is 40.7 Å². The number of hydrogen-bond acceptors (Lipinski definition) is 2. The number of carbonyl (C=O) groups excluding carboxylic acids is 1. The molecule has 0 unspecified atom stereocenters. The molecule has 0 saturated heterocycles. The lowest BCUT2D eigenvalue weighted by Gasteiger charge is -2.19. The van der Waals surface area contributed by atoms with Crippen molar-refractivity contribution in [3.8, 4) is 0 Å². The third-order valence-corrected chi connectivity index (χ3v) is 3.13. The predicted molar refractivity (Wildman–Crippen MR) is 79.1 cm³/mol. The molecular formula is C15H22N2O3. The first-order valence-electron chi connectivity index (χ1n) is 6.60. The fourth-order valence-corrected chi connectivity index (χ4v) is 2.18. The Hall–Kier alpha value is -2.04. The van der Waals surface area contributed by atoms with Gasteiger partial charge in [0.05, 0.1) is 0 Å². The van der Waals surface area contributed by atoms with E-state index < -0.39 is 18.0 Å². The van der Waals surface area contributed by atoms with E-state index in [1.165, 1.54) is 0 Å². The average Bonchev–Trinajstić information content (AvgIpc) is 2.29. The van der Waals surface area contributed by atoms with Crippen LogP contribution in [-0.4, -0.2) is 23.1 Å². The zero-order chi connectivity index (χ0) is 15.4. The van der Waals surface area contributed by atoms with E-state index in [0.29, 0.717) is 0 Å². The van der Waals surface area contributed by atoms with E-state index in [9.17, 15) is 9.59 Å². The molecule has 1 aromatic rings. The van der Waals surface area contributed by atoms with Gasteiger partial charge < -0.3 is 15.7 Å². The van der Waals surface area contributed by atoms with Gasteiger partial charge in [0.2, 0.25) is 0 Å². The van der Waals surface area contributed by atoms with Crippen molar-refractivity contribution in [1.29, 1.82) is 0 Å². The average molecular weight is 278 g/mol. The van der Waals surface area contributed by atoms with Crippen LogP contribution in [-0.2, 0) is 4.79 Å². The highest BCUT2D eigenvalue weighted by Crippen LogP contribution is 2.21. The topological polar surface area (TPSA) is 78.4 Å². The molecule has 1 atom stereocenters. The van der Waals surface area contributed by atoms with Crippen LogP contribution in [0.1, 0.15) is 30.5 Å². The number of carbonyl (C=O) groups is 2. The monoisotopic (exact) mass is 278 g/mol. The van der Waals surface area contributed by atoms with Gasteiger partial charge in [-0.2, -0.15) is 0 Å². The highest BCUT2D eigenvalue weighted by molar-refractivity contribution is 5.93. The summed E-state index contributed by atoms with van der Waals surface area (Å²) in [6.07, 6.45) is 0. The molecule has 0 aromatic heterocycles. The number of rotatable bonds is 4. The standard InChI is InChI=1S/C15H22N2O3/c1-8(2)12(14(18)19)16-15(20)17-13-10(4)6-9(3)7-11(13)5/h6-8,12H,1-5H3,(H,18,19)(H2,16,17,20)/t12-/m0/s1. The summed E-state index contributed by atoms with van der Waals surface area (Å²) in [5.41, 5.74) is 3.75. The maximum Gasteiger partial charge on any atom is 0.326 e. The van der Waals surface area contributed by atoms with Crippen molar-refractivity contribution < 1.29 is 14.7 Å². The predicted octanol–water partition coefficient (Wildman–Crippen LogP) is 2.84. The van der Waals surface area contributed by atoms with Crippen molar-refractivity contribution >= 4 is 17.7 Å². The molecule has 1 aromatic carbocycles. The fourth-order valence-electron chi connectivity index (χ4n) is 2.18. The fraction of sp³-hybridized carbons (Fsp3) is 0.467. The molecule has 1 rings (SSSR count). The largest absolute Gasteiger partial charge is 0.480 e. The molecular weight excluding hydrogens is 256 g/mol. The number of carboxylic acids is 1. The van der Waals surface area contributed by atoms with Gasteiger partial charge in [0.1, 0.15) is 6.04 Å². The number of carboxylic acid groups (broad SMARTS) is 1. The quantitative estimate of drug-likeness (QED) is 0.792. The Bertz CT molecular complexity index is 501. The van der Waals surface area contributed by atoms with E-state index in [1.807, 2.05) is 32.9 Å². The maximum atomic E-state index is 11.9. The Balaban J connectivity index is 2.84. The lowest BCUT2D eigenvalue weighted by atomic mass is 10.0. The molecule has 0 spiro atoms. The molecule has 0 heterocycles. The summed E-state index contributed by atoms with van der Waals surface area (Å²) in [4.78, 5) is 23.0. The second kappa shape index (κ2) is 6.41. The SMILES string of the molecule is Cc1cc(C)c(NC(=O)N[C@H](C(=O)O)C(C)C)c(C)c1. The number of amides is 2. The van der Waals surface area contributed by atoms with Crippen LogP contribution in [0, 0.1) is 26.7 Å². The number of benzene rings is 1. The molecule has 110 valence electrons. The smallest absolute Gasteiger partial charge is 0.326 e. The van der Waals surface area contributed by atoms with Gasteiger partial charge in [0.25, 0.3) is 0 Å². The van der Waals surface area contributed by atoms with Crippen LogP contribution in [0.4, 0.5) is 10.5 Å². The third kappa shape index (κ3) is 3.98. The zero-order valence-electron chi connectivity index (χ0n) is 12.6. The summed E-state index contributed by atoms with van der Waals surface area (Å²) in [7, 11) is 0. The van der Waals surface area contributed by atoms with Gasteiger partial charge in [-0.3, -0.25) is 0 Å². The molecule has 0 saturated carbocycles. The number of nitrogens with one attached hydrogen (secondary N) is 2. The third-order valence-electron chi connectivity index (χ3n) is 3.13. The van der Waals surface area contributed by atoms with E-state index >= 15 is 0 Å². The van der Waals surface area contributed by atoms with Crippen LogP contribution in [0.25, 0.3) is 0 Å². The zero-order valence-corrected chi connectivity index (χ0v) is 12.6. The highest BCUT2D eigenvalue weighted by atomic mass is 16.4. The summed E-state index contributed by atoms with van der Waals surface area (Å²) < 4.78 is 0. The second-order valence-corrected chi connectivity index (χ2v) is 5.43. The minimum absolute atomic E-state index is 0.182. The van der Waals surface area contributed by atoms with Crippen molar-refractivity contribution in [2.24, 2.45) is 5.92 Å². The lowest BCUT2D eigenvalue weighted by molar-refractivity contribution is -0.140. The van der Waals surface area contributed by atoms with Crippen LogP contribution in [0.3, 0.4) is 0 Å². The molecule has 5 nitrogen and oxygen atoms in total. The van der Waals surface area contributed by atoms with Crippen molar-refractivity contribution in [2.75, 3.05) is 5.32 Å². The molecule has 5 heteroatoms. The van der Waals surface area contributed by atoms with Crippen molar-refractivity contribution in [1.82, 2.24) is 5.32 Å². The molecule has 3 N–H and O–H groups in total. The lowest BCUT2D eigenvalue weighted by Crippen LogP contribution is -2.46. The maximum absolute atomic E-state index is 11.9. The number of aliphatic carboxylic acids is 1. The summed E-state index contributed by atoms with van der Waals surface area (Å²) in [5.74, 6) is -1.22. The van der Waals surface area contributed by atoms with Gasteiger partial charge in [0, 0.05) is 5.69 Å². The summed E-state index contributed by atoms with van der Waals surface area (Å²) in [6, 6.07) is 2.54. The van der Waals surface area contributed by atoms with E-state index in [1.54, 1.807) is 13.8 Å². The number of anilines is 1. The van der Waals surface area contributed by atoms with Gasteiger partial charge in [-0.1, -0.05) is 31.5 Å². The summed E-state index contributed by atoms with van der Waals surface area (Å²) in [5, 5.41) is 14.3. The summed E-state index contributed by atoms with van der Waals surface area (Å²) in [6.45, 7) is 9.31. The Morgan fingerprint density at radius 3 is 2.00 bits per heavy atom. The molecule has 0 fully saturated rings. The molecule has 0 aliphatic carbocycles. The van der Waals surface area contributed by atoms with Crippen LogP contribution in [0.5, 0.6) is 0 Å². The van der Waals surface area contributed by atoms with Crippen molar-refractivity contribution in [3.05, 3.63) is 28.8 Å². The molecule has 0 radical (unpaired) electrons. The first-order chi connectivity index (χ1) is 9.22. The number of aryl methyl sites for hydroxylation is 3. The summed E-state index contributed by atoms with van der Waals surface area (Å²) >= 11 is 0. The van der Waals surface area contributed by atoms with Crippen LogP contribution in [0.15, 0.2) is 12.1 Å². The molecule has 0 aliphatic rings. The molecule has 2 amide bonds. The van der Waals surface area contributed by atoms with E-state index in [0.717, 1.165) is 22.4 Å². The highest BCUT2D eigenvalue weighted by Gasteiger charge is 2.23. The Kier molecular flexibility index (Phi) is 5.13. The van der Waals surface area contributed by atoms with Crippen LogP contribution in [0.2, 0.25) is 0 Å². The first-order valence-corrected chi connectivity index (χ1v) is 6.60. The normalized spacial score (nSPS) is 12.1. The van der Waals surface area contributed by atoms with Crippen molar-refractivity contribution in [3.63, 3.8) is 0 Å². The molecule has 0 bridgehead atoms.